The second kappa shape index (κ2) is 46.2. The van der Waals surface area contributed by atoms with E-state index >= 15 is 0 Å². The lowest BCUT2D eigenvalue weighted by molar-refractivity contribution is -0.120. The van der Waals surface area contributed by atoms with Crippen LogP contribution in [0.1, 0.15) is 127 Å². The monoisotopic (exact) mass is 1510 g/mol. The van der Waals surface area contributed by atoms with Crippen LogP contribution in [-0.2, 0) is 99.7 Å². The first-order chi connectivity index (χ1) is 44.8. The summed E-state index contributed by atoms with van der Waals surface area (Å²) >= 11 is 24.6. The van der Waals surface area contributed by atoms with Crippen molar-refractivity contribution in [3.8, 4) is 0 Å². The van der Waals surface area contributed by atoms with Gasteiger partial charge < -0.3 is 23.7 Å². The number of Topliss-reactive ketones (excluding diaryl/α,β-unsaturated/α-hetero) is 5. The highest BCUT2D eigenvalue weighted by atomic mass is 35.5. The van der Waals surface area contributed by atoms with Crippen LogP contribution in [-0.4, -0.2) is 149 Å². The van der Waals surface area contributed by atoms with Crippen LogP contribution in [0.3, 0.4) is 0 Å². The standard InChI is InChI=1S/C14H18Cl2O3S.C14H19ClO4S.C14H19ClO3S.C14H20O4S.C14H20O3S/c1-10-4-6-13(7-5-10)20(18)14(15,16)9-12(19-3)8-11(2)17;1-10-4-6-13(7-5-10)20(17,18)14(15)9-12(19-3)8-11(2)16;1-10-4-6-13(7-5-10)19(17)14(15)9-12(18-3)8-11(2)16;1-11-4-6-14(7-5-11)19(16,17)9-8-13(18-3)10-12(2)15;1-11-4-6-14(7-5-11)18(16)9-8-13(17-3)10-12(2)15/h4-7,12H,8-9H2,1-3H3;4-7,12,14H,8-9H2,1-3H3;4-7,12,14H,8-9H2,1-3H3;4-7,13H,8-10H2,1-3H3;4-7,13H,8-10H2,1-3H3. The molecule has 17 nitrogen and oxygen atoms in total. The van der Waals surface area contributed by atoms with Gasteiger partial charge in [-0.2, -0.15) is 0 Å². The van der Waals surface area contributed by atoms with E-state index in [-0.39, 0.29) is 90.0 Å². The normalized spacial score (nSPS) is 14.6. The van der Waals surface area contributed by atoms with E-state index in [9.17, 15) is 53.4 Å². The Morgan fingerprint density at radius 2 is 0.740 bits per heavy atom. The van der Waals surface area contributed by atoms with Gasteiger partial charge >= 0.3 is 0 Å². The Morgan fingerprint density at radius 1 is 0.427 bits per heavy atom. The number of sulfone groups is 2. The molecule has 0 heterocycles. The minimum atomic E-state index is -3.62. The number of aryl methyl sites for hydroxylation is 5. The highest BCUT2D eigenvalue weighted by Crippen LogP contribution is 2.36. The maximum atomic E-state index is 12.4. The molecule has 0 bridgehead atoms. The molecule has 0 fully saturated rings. The number of ketones is 5. The maximum Gasteiger partial charge on any atom is 0.198 e. The number of carbonyl (C=O) groups is 5. The molecule has 0 N–H and O–H groups in total. The molecule has 0 aliphatic heterocycles. The molecule has 96 heavy (non-hydrogen) atoms. The predicted octanol–water partition coefficient (Wildman–Crippen LogP) is 14.0. The van der Waals surface area contributed by atoms with E-state index in [0.29, 0.717) is 52.5 Å². The third-order valence-electron chi connectivity index (χ3n) is 14.3. The fourth-order valence-corrected chi connectivity index (χ4v) is 16.5. The SMILES string of the molecule is COC(CC(C)=O)CC(Cl)(Cl)S(=O)c1ccc(C)cc1.COC(CC(C)=O)CC(Cl)S(=O)(=O)c1ccc(C)cc1.COC(CC(C)=O)CC(Cl)S(=O)c1ccc(C)cc1.COC(CCS(=O)(=O)c1ccc(C)cc1)CC(C)=O.COC(CCS(=O)c1ccc(C)cc1)CC(C)=O. The average molecular weight is 1510 g/mol. The minimum absolute atomic E-state index is 0.000385. The van der Waals surface area contributed by atoms with Crippen molar-refractivity contribution in [1.82, 2.24) is 0 Å². The summed E-state index contributed by atoms with van der Waals surface area (Å²) in [6.07, 6.45) is 1.15. The first-order valence-corrected chi connectivity index (χ1v) is 39.1. The van der Waals surface area contributed by atoms with Crippen molar-refractivity contribution in [2.75, 3.05) is 47.1 Å². The number of benzene rings is 5. The molecule has 0 amide bonds. The number of halogens is 4. The van der Waals surface area contributed by atoms with Crippen molar-refractivity contribution >= 4 is 127 Å². The molecule has 0 radical (unpaired) electrons. The van der Waals surface area contributed by atoms with Crippen molar-refractivity contribution in [1.29, 1.82) is 0 Å². The summed E-state index contributed by atoms with van der Waals surface area (Å²) in [5, 5.41) is 0. The Balaban J connectivity index is 0.000000600. The summed E-state index contributed by atoms with van der Waals surface area (Å²) in [6, 6.07) is 35.6. The van der Waals surface area contributed by atoms with Gasteiger partial charge in [0.25, 0.3) is 0 Å². The zero-order valence-corrected chi connectivity index (χ0v) is 64.7. The first kappa shape index (κ1) is 89.8. The van der Waals surface area contributed by atoms with Gasteiger partial charge in [-0.15, -0.1) is 23.2 Å². The van der Waals surface area contributed by atoms with Gasteiger partial charge in [0.1, 0.15) is 38.3 Å². The van der Waals surface area contributed by atoms with Gasteiger partial charge in [-0.3, -0.25) is 36.6 Å². The largest absolute Gasteiger partial charge is 0.381 e. The van der Waals surface area contributed by atoms with E-state index in [1.165, 1.54) is 68.3 Å². The minimum Gasteiger partial charge on any atom is -0.381 e. The summed E-state index contributed by atoms with van der Waals surface area (Å²) < 4.78 is 108. The van der Waals surface area contributed by atoms with Gasteiger partial charge in [-0.1, -0.05) is 112 Å². The van der Waals surface area contributed by atoms with Gasteiger partial charge in [0.2, 0.25) is 0 Å². The number of alkyl halides is 4. The van der Waals surface area contributed by atoms with Gasteiger partial charge in [0.15, 0.2) is 23.3 Å². The van der Waals surface area contributed by atoms with Gasteiger partial charge in [-0.25, -0.2) is 16.8 Å². The molecule has 10 unspecified atom stereocenters. The lowest BCUT2D eigenvalue weighted by atomic mass is 10.1. The van der Waals surface area contributed by atoms with Crippen LogP contribution in [0.15, 0.2) is 146 Å². The highest BCUT2D eigenvalue weighted by Gasteiger charge is 2.37. The van der Waals surface area contributed by atoms with Crippen LogP contribution in [0, 0.1) is 34.6 Å². The second-order valence-corrected chi connectivity index (χ2v) is 35.7. The molecule has 5 aromatic carbocycles. The smallest absolute Gasteiger partial charge is 0.198 e. The molecule has 0 aromatic heterocycles. The van der Waals surface area contributed by atoms with Crippen LogP contribution in [0.25, 0.3) is 0 Å². The van der Waals surface area contributed by atoms with Crippen molar-refractivity contribution < 1.29 is 77.1 Å². The number of ether oxygens (including phenoxy) is 5. The molecule has 536 valence electrons. The second-order valence-electron chi connectivity index (χ2n) is 23.1. The third-order valence-corrected chi connectivity index (χ3v) is 24.7. The van der Waals surface area contributed by atoms with E-state index in [2.05, 4.69) is 0 Å². The Bertz CT molecular complexity index is 3480. The molecule has 0 aliphatic carbocycles. The molecule has 5 rings (SSSR count). The third kappa shape index (κ3) is 36.2. The van der Waals surface area contributed by atoms with E-state index in [1.54, 1.807) is 62.6 Å². The predicted molar refractivity (Wildman–Crippen MR) is 387 cm³/mol. The van der Waals surface area contributed by atoms with Crippen molar-refractivity contribution in [3.63, 3.8) is 0 Å². The Labute approximate surface area is 597 Å². The number of hydrogen-bond acceptors (Lipinski definition) is 17. The quantitative estimate of drug-likeness (QED) is 0.0342. The zero-order chi connectivity index (χ0) is 73.1. The summed E-state index contributed by atoms with van der Waals surface area (Å²) in [7, 11) is -3.32. The highest BCUT2D eigenvalue weighted by molar-refractivity contribution is 7.93. The first-order valence-electron chi connectivity index (χ1n) is 30.6. The van der Waals surface area contributed by atoms with Gasteiger partial charge in [0.05, 0.1) is 78.5 Å². The summed E-state index contributed by atoms with van der Waals surface area (Å²) in [5.74, 6) is 0.561. The molecular formula is C70H96Cl4O17S5. The number of hydrogen-bond donors (Lipinski definition) is 0. The Kier molecular flexibility index (Phi) is 43.2. The van der Waals surface area contributed by atoms with Crippen molar-refractivity contribution in [2.24, 2.45) is 0 Å². The number of methoxy groups -OCH3 is 5. The molecule has 26 heteroatoms. The molecule has 0 aliphatic rings. The molecular weight excluding hydrogens is 1410 g/mol. The van der Waals surface area contributed by atoms with Crippen LogP contribution < -0.4 is 0 Å². The van der Waals surface area contributed by atoms with Crippen LogP contribution in [0.2, 0.25) is 0 Å². The van der Waals surface area contributed by atoms with E-state index in [1.807, 2.05) is 95.3 Å². The molecule has 5 aromatic rings. The lowest BCUT2D eigenvalue weighted by Gasteiger charge is -2.24. The van der Waals surface area contributed by atoms with E-state index in [4.69, 9.17) is 70.1 Å². The number of rotatable bonds is 35. The van der Waals surface area contributed by atoms with Gasteiger partial charge in [-0.05, 0) is 143 Å². The molecule has 0 saturated heterocycles. The summed E-state index contributed by atoms with van der Waals surface area (Å²) in [5.41, 5.74) is 5.32. The van der Waals surface area contributed by atoms with Gasteiger partial charge in [0, 0.05) is 107 Å². The fourth-order valence-electron chi connectivity index (χ4n) is 8.67. The summed E-state index contributed by atoms with van der Waals surface area (Å²) in [4.78, 5) is 57.9. The summed E-state index contributed by atoms with van der Waals surface area (Å²) in [6.45, 7) is 17.1. The lowest BCUT2D eigenvalue weighted by Crippen LogP contribution is -2.29. The van der Waals surface area contributed by atoms with Crippen LogP contribution >= 0.6 is 46.4 Å². The Morgan fingerprint density at radius 3 is 1.11 bits per heavy atom. The van der Waals surface area contributed by atoms with Crippen molar-refractivity contribution in [2.45, 2.75) is 202 Å². The topological polar surface area (TPSA) is 251 Å². The average Bonchev–Trinajstić information content (AvgIpc) is 0.840. The molecule has 10 atom stereocenters. The molecule has 0 spiro atoms. The Hall–Kier alpha value is -4.24. The number of carbonyl (C=O) groups excluding carboxylic acids is 5. The maximum absolute atomic E-state index is 12.4. The van der Waals surface area contributed by atoms with Crippen molar-refractivity contribution in [3.05, 3.63) is 149 Å². The van der Waals surface area contributed by atoms with E-state index in [0.717, 1.165) is 32.7 Å². The zero-order valence-electron chi connectivity index (χ0n) is 57.6. The van der Waals surface area contributed by atoms with Crippen LogP contribution in [0.5, 0.6) is 0 Å². The van der Waals surface area contributed by atoms with Crippen LogP contribution in [0.4, 0.5) is 0 Å². The van der Waals surface area contributed by atoms with E-state index < -0.39 is 77.4 Å². The fraction of sp³-hybridized carbons (Fsp3) is 0.500. The molecule has 0 saturated carbocycles.